The van der Waals surface area contributed by atoms with E-state index in [0.717, 1.165) is 24.9 Å². The van der Waals surface area contributed by atoms with E-state index in [1.165, 1.54) is 13.2 Å². The fourth-order valence-corrected chi connectivity index (χ4v) is 3.02. The zero-order valence-corrected chi connectivity index (χ0v) is 14.1. The number of quaternary nitrogens is 1. The van der Waals surface area contributed by atoms with E-state index in [9.17, 15) is 4.79 Å². The Bertz CT molecular complexity index is 773. The van der Waals surface area contributed by atoms with Gasteiger partial charge in [0.05, 0.1) is 23.4 Å². The van der Waals surface area contributed by atoms with Crippen LogP contribution in [0.5, 0.6) is 0 Å². The predicted octanol–water partition coefficient (Wildman–Crippen LogP) is 3.22. The Morgan fingerprint density at radius 1 is 1.33 bits per heavy atom. The molecule has 5 nitrogen and oxygen atoms in total. The number of nitrogens with one attached hydrogen (secondary N) is 1. The summed E-state index contributed by atoms with van der Waals surface area (Å²) in [5, 5.41) is 10.7. The third-order valence-electron chi connectivity index (χ3n) is 4.28. The third-order valence-corrected chi connectivity index (χ3v) is 4.58. The summed E-state index contributed by atoms with van der Waals surface area (Å²) in [7, 11) is 1.31. The van der Waals surface area contributed by atoms with Gasteiger partial charge in [0.1, 0.15) is 5.69 Å². The summed E-state index contributed by atoms with van der Waals surface area (Å²) in [5.41, 5.74) is 2.19. The Morgan fingerprint density at radius 2 is 2.04 bits per heavy atom. The van der Waals surface area contributed by atoms with Crippen LogP contribution in [0.1, 0.15) is 35.3 Å². The molecule has 3 N–H and O–H groups in total. The SMILES string of the molecule is COC(=O)c1cc(Cl)c(C(=N)C2CCC2)c([NH2+]c2ccccc2)n1. The first-order chi connectivity index (χ1) is 11.6. The van der Waals surface area contributed by atoms with Crippen LogP contribution in [0, 0.1) is 11.3 Å². The highest BCUT2D eigenvalue weighted by Gasteiger charge is 2.30. The highest BCUT2D eigenvalue weighted by molar-refractivity contribution is 6.35. The topological polar surface area (TPSA) is 79.7 Å². The smallest absolute Gasteiger partial charge is 0.356 e. The van der Waals surface area contributed by atoms with Crippen LogP contribution < -0.4 is 5.32 Å². The molecule has 0 spiro atoms. The average Bonchev–Trinajstić information content (AvgIpc) is 2.52. The number of carbonyl (C=O) groups is 1. The average molecular weight is 345 g/mol. The second-order valence-corrected chi connectivity index (χ2v) is 6.24. The van der Waals surface area contributed by atoms with Crippen molar-refractivity contribution in [3.05, 3.63) is 52.7 Å². The minimum absolute atomic E-state index is 0.148. The van der Waals surface area contributed by atoms with Crippen LogP contribution in [0.2, 0.25) is 5.02 Å². The molecule has 0 aliphatic heterocycles. The van der Waals surface area contributed by atoms with Gasteiger partial charge in [0.15, 0.2) is 5.69 Å². The maximum atomic E-state index is 11.8. The van der Waals surface area contributed by atoms with Gasteiger partial charge in [-0.25, -0.2) is 4.79 Å². The van der Waals surface area contributed by atoms with E-state index in [0.29, 0.717) is 22.1 Å². The summed E-state index contributed by atoms with van der Waals surface area (Å²) in [6.07, 6.45) is 3.13. The quantitative estimate of drug-likeness (QED) is 0.496. The molecule has 1 aliphatic rings. The lowest BCUT2D eigenvalue weighted by atomic mass is 9.79. The summed E-state index contributed by atoms with van der Waals surface area (Å²) in [6, 6.07) is 11.1. The highest BCUT2D eigenvalue weighted by atomic mass is 35.5. The standard InChI is InChI=1S/C18H18ClN3O2/c1-24-18(23)14-10-13(19)15(16(20)11-6-5-7-11)17(22-14)21-12-8-3-2-4-9-12/h2-4,8-11,20H,5-7H2,1H3,(H,21,22)/p+1. The summed E-state index contributed by atoms with van der Waals surface area (Å²) < 4.78 is 4.75. The molecule has 3 rings (SSSR count). The van der Waals surface area contributed by atoms with Gasteiger partial charge in [-0.3, -0.25) is 5.32 Å². The van der Waals surface area contributed by atoms with Crippen LogP contribution in [-0.4, -0.2) is 23.8 Å². The Hall–Kier alpha value is -2.24. The van der Waals surface area contributed by atoms with Crippen molar-refractivity contribution >= 4 is 34.8 Å². The van der Waals surface area contributed by atoms with E-state index in [1.54, 1.807) is 0 Å². The number of rotatable bonds is 5. The number of ether oxygens (including phenoxy) is 1. The number of hydrogen-bond acceptors (Lipinski definition) is 4. The Labute approximate surface area is 145 Å². The normalized spacial score (nSPS) is 14.1. The minimum Gasteiger partial charge on any atom is -0.464 e. The third kappa shape index (κ3) is 3.32. The first kappa shape index (κ1) is 16.6. The van der Waals surface area contributed by atoms with Gasteiger partial charge in [-0.15, -0.1) is 0 Å². The molecule has 1 heterocycles. The molecule has 0 radical (unpaired) electrons. The van der Waals surface area contributed by atoms with Crippen LogP contribution >= 0.6 is 11.6 Å². The predicted molar refractivity (Wildman–Crippen MR) is 92.4 cm³/mol. The first-order valence-corrected chi connectivity index (χ1v) is 8.25. The van der Waals surface area contributed by atoms with E-state index < -0.39 is 5.97 Å². The van der Waals surface area contributed by atoms with Crippen molar-refractivity contribution in [3.63, 3.8) is 0 Å². The van der Waals surface area contributed by atoms with Gasteiger partial charge >= 0.3 is 5.97 Å². The van der Waals surface area contributed by atoms with Crippen LogP contribution in [0.4, 0.5) is 11.5 Å². The summed E-state index contributed by atoms with van der Waals surface area (Å²) >= 11 is 6.41. The number of nitrogens with two attached hydrogens (primary N) is 1. The summed E-state index contributed by atoms with van der Waals surface area (Å²) in [6.45, 7) is 0. The molecule has 0 amide bonds. The van der Waals surface area contributed by atoms with Crippen molar-refractivity contribution in [2.45, 2.75) is 19.3 Å². The van der Waals surface area contributed by atoms with E-state index in [1.807, 2.05) is 35.6 Å². The van der Waals surface area contributed by atoms with Crippen LogP contribution in [0.25, 0.3) is 0 Å². The fourth-order valence-electron chi connectivity index (χ4n) is 2.72. The summed E-state index contributed by atoms with van der Waals surface area (Å²) in [5.74, 6) is 0.212. The molecular weight excluding hydrogens is 326 g/mol. The molecule has 1 aliphatic carbocycles. The molecule has 2 aromatic rings. The number of aromatic nitrogens is 1. The van der Waals surface area contributed by atoms with Crippen molar-refractivity contribution in [3.8, 4) is 0 Å². The first-order valence-electron chi connectivity index (χ1n) is 7.87. The lowest BCUT2D eigenvalue weighted by Gasteiger charge is -2.26. The van der Waals surface area contributed by atoms with Crippen LogP contribution in [0.3, 0.4) is 0 Å². The maximum absolute atomic E-state index is 11.8. The Morgan fingerprint density at radius 3 is 2.62 bits per heavy atom. The van der Waals surface area contributed by atoms with Gasteiger partial charge in [-0.1, -0.05) is 36.2 Å². The fraction of sp³-hybridized carbons (Fsp3) is 0.278. The van der Waals surface area contributed by atoms with Crippen molar-refractivity contribution in [1.82, 2.24) is 4.98 Å². The van der Waals surface area contributed by atoms with E-state index >= 15 is 0 Å². The van der Waals surface area contributed by atoms with E-state index in [2.05, 4.69) is 4.98 Å². The molecule has 1 aromatic carbocycles. The summed E-state index contributed by atoms with van der Waals surface area (Å²) in [4.78, 5) is 16.2. The Balaban J connectivity index is 2.05. The number of benzene rings is 1. The number of hydrogen-bond donors (Lipinski definition) is 2. The van der Waals surface area contributed by atoms with Gasteiger partial charge in [0.2, 0.25) is 5.82 Å². The van der Waals surface area contributed by atoms with Gasteiger partial charge in [-0.05, 0) is 31.0 Å². The molecule has 124 valence electrons. The van der Waals surface area contributed by atoms with E-state index in [4.69, 9.17) is 21.7 Å². The van der Waals surface area contributed by atoms with Crippen LogP contribution in [0.15, 0.2) is 36.4 Å². The molecule has 0 unspecified atom stereocenters. The van der Waals surface area contributed by atoms with Crippen molar-refractivity contribution in [2.75, 3.05) is 7.11 Å². The minimum atomic E-state index is -0.540. The second-order valence-electron chi connectivity index (χ2n) is 5.84. The van der Waals surface area contributed by atoms with Crippen molar-refractivity contribution < 1.29 is 14.8 Å². The van der Waals surface area contributed by atoms with Gasteiger partial charge < -0.3 is 10.1 Å². The molecule has 1 fully saturated rings. The lowest BCUT2D eigenvalue weighted by molar-refractivity contribution is -0.483. The highest BCUT2D eigenvalue weighted by Crippen LogP contribution is 2.34. The number of methoxy groups -OCH3 is 1. The number of nitrogens with zero attached hydrogens (tertiary/aromatic N) is 1. The van der Waals surface area contributed by atoms with E-state index in [-0.39, 0.29) is 11.6 Å². The maximum Gasteiger partial charge on any atom is 0.356 e. The Kier molecular flexibility index (Phi) is 4.92. The van der Waals surface area contributed by atoms with Gasteiger partial charge in [0, 0.05) is 5.92 Å². The molecule has 6 heteroatoms. The zero-order valence-electron chi connectivity index (χ0n) is 13.4. The van der Waals surface area contributed by atoms with Gasteiger partial charge in [-0.2, -0.15) is 4.98 Å². The lowest BCUT2D eigenvalue weighted by Crippen LogP contribution is -2.72. The molecule has 1 aromatic heterocycles. The van der Waals surface area contributed by atoms with Crippen molar-refractivity contribution in [2.24, 2.45) is 5.92 Å². The van der Waals surface area contributed by atoms with Crippen LogP contribution in [-0.2, 0) is 4.74 Å². The molecule has 24 heavy (non-hydrogen) atoms. The van der Waals surface area contributed by atoms with Crippen molar-refractivity contribution in [1.29, 1.82) is 5.41 Å². The number of carbonyl (C=O) groups excluding carboxylic acids is 1. The molecular formula is C18H19ClN3O2+. The number of esters is 1. The monoisotopic (exact) mass is 344 g/mol. The zero-order chi connectivity index (χ0) is 17.1. The largest absolute Gasteiger partial charge is 0.464 e. The second kappa shape index (κ2) is 7.11. The molecule has 0 saturated heterocycles. The number of pyridine rings is 1. The molecule has 0 atom stereocenters. The van der Waals surface area contributed by atoms with Gasteiger partial charge in [0.25, 0.3) is 0 Å². The number of para-hydroxylation sites is 1. The molecule has 1 saturated carbocycles. The molecule has 0 bridgehead atoms. The number of halogens is 1.